The van der Waals surface area contributed by atoms with Crippen LogP contribution in [0, 0.1) is 0 Å². The Morgan fingerprint density at radius 2 is 1.73 bits per heavy atom. The number of rotatable bonds is 3. The fourth-order valence-corrected chi connectivity index (χ4v) is 1.09. The molecular weight excluding hydrogens is 134 g/mol. The van der Waals surface area contributed by atoms with E-state index in [0.29, 0.717) is 0 Å². The van der Waals surface area contributed by atoms with E-state index in [9.17, 15) is 0 Å². The van der Waals surface area contributed by atoms with Gasteiger partial charge in [-0.25, -0.2) is 0 Å². The highest BCUT2D eigenvalue weighted by atomic mass is 15.1. The monoisotopic (exact) mass is 155 g/mol. The van der Waals surface area contributed by atoms with Gasteiger partial charge in [-0.1, -0.05) is 39.3 Å². The third-order valence-electron chi connectivity index (χ3n) is 1.72. The van der Waals surface area contributed by atoms with E-state index >= 15 is 0 Å². The van der Waals surface area contributed by atoms with Gasteiger partial charge in [0.15, 0.2) is 0 Å². The zero-order valence-corrected chi connectivity index (χ0v) is 8.14. The molecule has 0 radical (unpaired) electrons. The van der Waals surface area contributed by atoms with Gasteiger partial charge in [0.05, 0.1) is 0 Å². The molecule has 0 N–H and O–H groups in total. The lowest BCUT2D eigenvalue weighted by atomic mass is 10.3. The minimum absolute atomic E-state index is 1.18. The molecule has 0 aromatic carbocycles. The summed E-state index contributed by atoms with van der Waals surface area (Å²) in [5.74, 6) is 0. The van der Waals surface area contributed by atoms with E-state index in [0.717, 1.165) is 0 Å². The Kier molecular flexibility index (Phi) is 7.59. The molecule has 0 aromatic heterocycles. The molecule has 11 heavy (non-hydrogen) atoms. The Hall–Kier alpha value is -0.300. The van der Waals surface area contributed by atoms with E-state index in [4.69, 9.17) is 0 Å². The fourth-order valence-electron chi connectivity index (χ4n) is 1.09. The molecular formula is C10H21N. The zero-order valence-electron chi connectivity index (χ0n) is 8.14. The van der Waals surface area contributed by atoms with Gasteiger partial charge >= 0.3 is 0 Å². The van der Waals surface area contributed by atoms with Gasteiger partial charge < -0.3 is 0 Å². The molecule has 66 valence electrons. The smallest absolute Gasteiger partial charge is 0.0166 e. The minimum Gasteiger partial charge on any atom is -0.296 e. The summed E-state index contributed by atoms with van der Waals surface area (Å²) in [5.41, 5.74) is 0. The zero-order chi connectivity index (χ0) is 8.53. The van der Waals surface area contributed by atoms with Crippen molar-refractivity contribution in [3.8, 4) is 0 Å². The molecule has 0 atom stereocenters. The van der Waals surface area contributed by atoms with Crippen molar-refractivity contribution in [3.63, 3.8) is 0 Å². The van der Waals surface area contributed by atoms with Crippen molar-refractivity contribution in [2.24, 2.45) is 0 Å². The van der Waals surface area contributed by atoms with Gasteiger partial charge in [0, 0.05) is 13.1 Å². The molecule has 0 saturated heterocycles. The molecule has 1 aliphatic heterocycles. The van der Waals surface area contributed by atoms with Crippen LogP contribution in [0.2, 0.25) is 0 Å². The van der Waals surface area contributed by atoms with Crippen molar-refractivity contribution in [2.45, 2.75) is 33.6 Å². The van der Waals surface area contributed by atoms with Crippen molar-refractivity contribution in [3.05, 3.63) is 12.2 Å². The average molecular weight is 155 g/mol. The van der Waals surface area contributed by atoms with Gasteiger partial charge in [-0.3, -0.25) is 4.90 Å². The average Bonchev–Trinajstić information content (AvgIpc) is 2.57. The van der Waals surface area contributed by atoms with Gasteiger partial charge in [-0.05, 0) is 13.0 Å². The molecule has 1 nitrogen and oxygen atoms in total. The second kappa shape index (κ2) is 7.80. The first-order chi connectivity index (χ1) is 5.43. The summed E-state index contributed by atoms with van der Waals surface area (Å²) < 4.78 is 0. The highest BCUT2D eigenvalue weighted by Gasteiger charge is 2.02. The SMILES string of the molecule is CC.CCCCN1CC=CC1. The summed E-state index contributed by atoms with van der Waals surface area (Å²) >= 11 is 0. The summed E-state index contributed by atoms with van der Waals surface area (Å²) in [4.78, 5) is 2.46. The summed E-state index contributed by atoms with van der Waals surface area (Å²) in [6.07, 6.45) is 7.16. The molecule has 1 rings (SSSR count). The van der Waals surface area contributed by atoms with Gasteiger partial charge in [0.1, 0.15) is 0 Å². The molecule has 1 heterocycles. The second-order valence-corrected chi connectivity index (χ2v) is 2.58. The highest BCUT2D eigenvalue weighted by Crippen LogP contribution is 2.00. The van der Waals surface area contributed by atoms with E-state index in [-0.39, 0.29) is 0 Å². The van der Waals surface area contributed by atoms with Crippen molar-refractivity contribution >= 4 is 0 Å². The molecule has 0 aliphatic carbocycles. The van der Waals surface area contributed by atoms with E-state index in [2.05, 4.69) is 24.0 Å². The maximum atomic E-state index is 2.46. The van der Waals surface area contributed by atoms with E-state index in [1.807, 2.05) is 13.8 Å². The lowest BCUT2D eigenvalue weighted by molar-refractivity contribution is 0.345. The number of hydrogen-bond donors (Lipinski definition) is 0. The van der Waals surface area contributed by atoms with E-state index < -0.39 is 0 Å². The summed E-state index contributed by atoms with van der Waals surface area (Å²) in [5, 5.41) is 0. The number of hydrogen-bond acceptors (Lipinski definition) is 1. The van der Waals surface area contributed by atoms with E-state index in [1.165, 1.54) is 32.5 Å². The van der Waals surface area contributed by atoms with E-state index in [1.54, 1.807) is 0 Å². The predicted molar refractivity (Wildman–Crippen MR) is 51.8 cm³/mol. The molecule has 0 spiro atoms. The fraction of sp³-hybridized carbons (Fsp3) is 0.800. The molecule has 0 bridgehead atoms. The third-order valence-corrected chi connectivity index (χ3v) is 1.72. The quantitative estimate of drug-likeness (QED) is 0.566. The van der Waals surface area contributed by atoms with Gasteiger partial charge in [-0.15, -0.1) is 0 Å². The van der Waals surface area contributed by atoms with Gasteiger partial charge in [0.25, 0.3) is 0 Å². The predicted octanol–water partition coefficient (Wildman–Crippen LogP) is 2.68. The standard InChI is InChI=1S/C8H15N.C2H6/c1-2-3-6-9-7-4-5-8-9;1-2/h4-5H,2-3,6-8H2,1H3;1-2H3. The summed E-state index contributed by atoms with van der Waals surface area (Å²) in [6.45, 7) is 9.88. The van der Waals surface area contributed by atoms with Crippen LogP contribution < -0.4 is 0 Å². The molecule has 1 heteroatoms. The van der Waals surface area contributed by atoms with Crippen LogP contribution in [0.25, 0.3) is 0 Å². The molecule has 0 aromatic rings. The Morgan fingerprint density at radius 1 is 1.18 bits per heavy atom. The van der Waals surface area contributed by atoms with Crippen LogP contribution in [-0.4, -0.2) is 24.5 Å². The lowest BCUT2D eigenvalue weighted by Gasteiger charge is -2.12. The Labute approximate surface area is 71.1 Å². The maximum absolute atomic E-state index is 2.46. The largest absolute Gasteiger partial charge is 0.296 e. The first-order valence-corrected chi connectivity index (χ1v) is 4.81. The minimum atomic E-state index is 1.18. The summed E-state index contributed by atoms with van der Waals surface area (Å²) in [7, 11) is 0. The normalized spacial score (nSPS) is 16.3. The van der Waals surface area contributed by atoms with Crippen LogP contribution in [0.5, 0.6) is 0 Å². The molecule has 0 unspecified atom stereocenters. The van der Waals surface area contributed by atoms with Crippen molar-refractivity contribution in [1.29, 1.82) is 0 Å². The van der Waals surface area contributed by atoms with Crippen LogP contribution in [0.15, 0.2) is 12.2 Å². The number of unbranched alkanes of at least 4 members (excludes halogenated alkanes) is 1. The summed E-state index contributed by atoms with van der Waals surface area (Å²) in [6, 6.07) is 0. The molecule has 1 aliphatic rings. The highest BCUT2D eigenvalue weighted by molar-refractivity contribution is 4.94. The maximum Gasteiger partial charge on any atom is 0.0166 e. The van der Waals surface area contributed by atoms with Crippen LogP contribution in [0.3, 0.4) is 0 Å². The Morgan fingerprint density at radius 3 is 2.18 bits per heavy atom. The first kappa shape index (κ1) is 10.7. The van der Waals surface area contributed by atoms with Crippen LogP contribution in [0.4, 0.5) is 0 Å². The van der Waals surface area contributed by atoms with Crippen molar-refractivity contribution < 1.29 is 0 Å². The second-order valence-electron chi connectivity index (χ2n) is 2.58. The molecule has 0 fully saturated rings. The van der Waals surface area contributed by atoms with Crippen molar-refractivity contribution in [1.82, 2.24) is 4.90 Å². The third kappa shape index (κ3) is 5.02. The van der Waals surface area contributed by atoms with Crippen LogP contribution in [0.1, 0.15) is 33.6 Å². The van der Waals surface area contributed by atoms with Crippen LogP contribution in [-0.2, 0) is 0 Å². The van der Waals surface area contributed by atoms with Crippen LogP contribution >= 0.6 is 0 Å². The van der Waals surface area contributed by atoms with Gasteiger partial charge in [0.2, 0.25) is 0 Å². The lowest BCUT2D eigenvalue weighted by Crippen LogP contribution is -2.20. The van der Waals surface area contributed by atoms with Crippen molar-refractivity contribution in [2.75, 3.05) is 19.6 Å². The Balaban J connectivity index is 0.000000461. The molecule has 0 saturated carbocycles. The topological polar surface area (TPSA) is 3.24 Å². The Bertz CT molecular complexity index is 89.0. The van der Waals surface area contributed by atoms with Gasteiger partial charge in [-0.2, -0.15) is 0 Å². The molecule has 0 amide bonds. The number of nitrogens with zero attached hydrogens (tertiary/aromatic N) is 1. The first-order valence-electron chi connectivity index (χ1n) is 4.81.